The molecule has 2 nitrogen and oxygen atoms in total. The molecule has 0 N–H and O–H groups in total. The quantitative estimate of drug-likeness (QED) is 0.706. The Balaban J connectivity index is 2.24. The Morgan fingerprint density at radius 2 is 2.12 bits per heavy atom. The maximum Gasteiger partial charge on any atom is 0.116 e. The molecule has 90 valence electrons. The van der Waals surface area contributed by atoms with Crippen molar-refractivity contribution in [3.05, 3.63) is 46.4 Å². The number of nitroso groups, excluding NO2 is 1. The van der Waals surface area contributed by atoms with Gasteiger partial charge in [0.15, 0.2) is 0 Å². The van der Waals surface area contributed by atoms with Crippen molar-refractivity contribution in [1.82, 2.24) is 0 Å². The van der Waals surface area contributed by atoms with Crippen LogP contribution in [0, 0.1) is 10.8 Å². The van der Waals surface area contributed by atoms with Crippen LogP contribution < -0.4 is 0 Å². The molecule has 0 aliphatic heterocycles. The summed E-state index contributed by atoms with van der Waals surface area (Å²) in [4.78, 5) is 11.0. The number of rotatable bonds is 3. The average molecular weight is 229 g/mol. The molecule has 1 aromatic rings. The van der Waals surface area contributed by atoms with Gasteiger partial charge in [-0.2, -0.15) is 4.91 Å². The van der Waals surface area contributed by atoms with E-state index in [0.717, 1.165) is 19.3 Å². The van der Waals surface area contributed by atoms with Gasteiger partial charge in [0.1, 0.15) is 6.04 Å². The van der Waals surface area contributed by atoms with Crippen LogP contribution in [-0.2, 0) is 0 Å². The summed E-state index contributed by atoms with van der Waals surface area (Å²) in [5.74, 6) is 0.441. The molecule has 1 fully saturated rings. The number of hydrogen-bond acceptors (Lipinski definition) is 2. The van der Waals surface area contributed by atoms with E-state index in [2.05, 4.69) is 30.3 Å². The van der Waals surface area contributed by atoms with Gasteiger partial charge in [-0.3, -0.25) is 0 Å². The molecule has 0 amide bonds. The smallest absolute Gasteiger partial charge is 0.116 e. The van der Waals surface area contributed by atoms with Gasteiger partial charge in [-0.1, -0.05) is 54.9 Å². The van der Waals surface area contributed by atoms with Crippen molar-refractivity contribution in [3.8, 4) is 0 Å². The second-order valence-corrected chi connectivity index (χ2v) is 4.74. The first-order valence-corrected chi connectivity index (χ1v) is 6.43. The van der Waals surface area contributed by atoms with Gasteiger partial charge in [0.25, 0.3) is 0 Å². The van der Waals surface area contributed by atoms with Crippen molar-refractivity contribution in [2.45, 2.75) is 38.6 Å². The Hall–Kier alpha value is -1.44. The highest BCUT2D eigenvalue weighted by molar-refractivity contribution is 5.54. The molecule has 2 atom stereocenters. The molecule has 0 spiro atoms. The maximum atomic E-state index is 11.0. The van der Waals surface area contributed by atoms with Gasteiger partial charge >= 0.3 is 0 Å². The normalized spacial score (nSPS) is 27.0. The van der Waals surface area contributed by atoms with Crippen LogP contribution in [-0.4, -0.2) is 6.04 Å². The van der Waals surface area contributed by atoms with Crippen LogP contribution >= 0.6 is 0 Å². The Labute approximate surface area is 103 Å². The summed E-state index contributed by atoms with van der Waals surface area (Å²) in [6, 6.07) is 10.1. The third kappa shape index (κ3) is 2.82. The maximum absolute atomic E-state index is 11.0. The van der Waals surface area contributed by atoms with Crippen LogP contribution in [0.25, 0.3) is 6.08 Å². The largest absolute Gasteiger partial charge is 0.150 e. The third-order valence-corrected chi connectivity index (χ3v) is 3.66. The van der Waals surface area contributed by atoms with Crippen molar-refractivity contribution in [3.63, 3.8) is 0 Å². The summed E-state index contributed by atoms with van der Waals surface area (Å²) < 4.78 is 0. The van der Waals surface area contributed by atoms with E-state index in [1.165, 1.54) is 17.6 Å². The van der Waals surface area contributed by atoms with Gasteiger partial charge < -0.3 is 0 Å². The van der Waals surface area contributed by atoms with Crippen molar-refractivity contribution >= 4 is 6.08 Å². The molecule has 0 aromatic heterocycles. The minimum atomic E-state index is -0.103. The molecule has 1 aliphatic rings. The van der Waals surface area contributed by atoms with Gasteiger partial charge in [-0.05, 0) is 36.3 Å². The fourth-order valence-electron chi connectivity index (χ4n) is 2.68. The first-order chi connectivity index (χ1) is 8.35. The minimum Gasteiger partial charge on any atom is -0.150 e. The molecule has 1 saturated carbocycles. The average Bonchev–Trinajstić information content (AvgIpc) is 2.39. The third-order valence-electron chi connectivity index (χ3n) is 3.66. The van der Waals surface area contributed by atoms with E-state index in [9.17, 15) is 4.91 Å². The predicted octanol–water partition coefficient (Wildman–Crippen LogP) is 4.42. The molecule has 0 saturated heterocycles. The number of nitrogens with zero attached hydrogens (tertiary/aromatic N) is 1. The van der Waals surface area contributed by atoms with E-state index in [-0.39, 0.29) is 6.04 Å². The zero-order chi connectivity index (χ0) is 12.1. The van der Waals surface area contributed by atoms with Crippen LogP contribution in [0.3, 0.4) is 0 Å². The van der Waals surface area contributed by atoms with Gasteiger partial charge in [0, 0.05) is 0 Å². The van der Waals surface area contributed by atoms with E-state index in [4.69, 9.17) is 0 Å². The molecule has 0 bridgehead atoms. The van der Waals surface area contributed by atoms with Gasteiger partial charge in [0.05, 0.1) is 0 Å². The topological polar surface area (TPSA) is 29.4 Å². The Kier molecular flexibility index (Phi) is 4.08. The van der Waals surface area contributed by atoms with Crippen LogP contribution in [0.15, 0.2) is 41.1 Å². The lowest BCUT2D eigenvalue weighted by molar-refractivity contribution is 0.362. The molecule has 17 heavy (non-hydrogen) atoms. The fraction of sp³-hybridized carbons (Fsp3) is 0.467. The van der Waals surface area contributed by atoms with E-state index < -0.39 is 0 Å². The molecule has 1 aromatic carbocycles. The summed E-state index contributed by atoms with van der Waals surface area (Å²) in [5, 5.41) is 3.36. The standard InChI is InChI=1S/C15H19NO/c1-2-13-9-6-10-14(15(13)16-17)11-12-7-4-3-5-8-12/h3-5,7-8,11,13,15H,2,6,9-10H2,1H3. The number of hydrogen-bond donors (Lipinski definition) is 0. The molecule has 2 unspecified atom stereocenters. The lowest BCUT2D eigenvalue weighted by Crippen LogP contribution is -2.24. The van der Waals surface area contributed by atoms with Crippen LogP contribution in [0.1, 0.15) is 38.2 Å². The summed E-state index contributed by atoms with van der Waals surface area (Å²) in [5.41, 5.74) is 2.39. The Morgan fingerprint density at radius 3 is 2.76 bits per heavy atom. The molecule has 2 heteroatoms. The SMILES string of the molecule is CCC1CCCC(=Cc2ccccc2)C1N=O. The van der Waals surface area contributed by atoms with E-state index in [1.54, 1.807) is 0 Å². The first-order valence-electron chi connectivity index (χ1n) is 6.43. The predicted molar refractivity (Wildman–Crippen MR) is 71.6 cm³/mol. The van der Waals surface area contributed by atoms with Crippen LogP contribution in [0.2, 0.25) is 0 Å². The summed E-state index contributed by atoms with van der Waals surface area (Å²) >= 11 is 0. The Bertz CT molecular complexity index is 397. The molecular formula is C15H19NO. The van der Waals surface area contributed by atoms with E-state index in [0.29, 0.717) is 5.92 Å². The van der Waals surface area contributed by atoms with Crippen molar-refractivity contribution in [1.29, 1.82) is 0 Å². The van der Waals surface area contributed by atoms with Crippen LogP contribution in [0.5, 0.6) is 0 Å². The minimum absolute atomic E-state index is 0.103. The molecular weight excluding hydrogens is 210 g/mol. The van der Waals surface area contributed by atoms with Crippen molar-refractivity contribution in [2.75, 3.05) is 0 Å². The molecule has 2 rings (SSSR count). The monoisotopic (exact) mass is 229 g/mol. The van der Waals surface area contributed by atoms with E-state index in [1.807, 2.05) is 18.2 Å². The van der Waals surface area contributed by atoms with Gasteiger partial charge in [0.2, 0.25) is 0 Å². The zero-order valence-electron chi connectivity index (χ0n) is 10.3. The van der Waals surface area contributed by atoms with Gasteiger partial charge in [-0.25, -0.2) is 0 Å². The lowest BCUT2D eigenvalue weighted by Gasteiger charge is -2.28. The summed E-state index contributed by atoms with van der Waals surface area (Å²) in [6.07, 6.45) is 6.53. The number of benzene rings is 1. The Morgan fingerprint density at radius 1 is 1.35 bits per heavy atom. The fourth-order valence-corrected chi connectivity index (χ4v) is 2.68. The molecule has 1 aliphatic carbocycles. The second-order valence-electron chi connectivity index (χ2n) is 4.74. The van der Waals surface area contributed by atoms with Crippen molar-refractivity contribution < 1.29 is 0 Å². The first kappa shape index (κ1) is 12.0. The summed E-state index contributed by atoms with van der Waals surface area (Å²) in [6.45, 7) is 2.15. The van der Waals surface area contributed by atoms with Crippen LogP contribution in [0.4, 0.5) is 0 Å². The highest BCUT2D eigenvalue weighted by atomic mass is 16.3. The molecule has 0 radical (unpaired) electrons. The van der Waals surface area contributed by atoms with Crippen molar-refractivity contribution in [2.24, 2.45) is 11.1 Å². The summed E-state index contributed by atoms with van der Waals surface area (Å²) in [7, 11) is 0. The van der Waals surface area contributed by atoms with Gasteiger partial charge in [-0.15, -0.1) is 0 Å². The second kappa shape index (κ2) is 5.76. The lowest BCUT2D eigenvalue weighted by atomic mass is 9.79. The highest BCUT2D eigenvalue weighted by Gasteiger charge is 2.28. The highest BCUT2D eigenvalue weighted by Crippen LogP contribution is 2.34. The zero-order valence-corrected chi connectivity index (χ0v) is 10.3. The molecule has 0 heterocycles. The van der Waals surface area contributed by atoms with E-state index >= 15 is 0 Å².